The molecule has 0 aromatic carbocycles. The molecular weight excluding hydrogens is 300 g/mol. The highest BCUT2D eigenvalue weighted by molar-refractivity contribution is 7.18. The fraction of sp³-hybridized carbons (Fsp3) is 0.562. The average Bonchev–Trinajstić information content (AvgIpc) is 2.89. The van der Waals surface area contributed by atoms with E-state index < -0.39 is 0 Å². The number of esters is 1. The van der Waals surface area contributed by atoms with Gasteiger partial charge in [-0.2, -0.15) is 0 Å². The molecule has 0 fully saturated rings. The van der Waals surface area contributed by atoms with Crippen molar-refractivity contribution in [3.8, 4) is 0 Å². The van der Waals surface area contributed by atoms with Gasteiger partial charge in [-0.1, -0.05) is 6.92 Å². The first-order chi connectivity index (χ1) is 10.7. The van der Waals surface area contributed by atoms with E-state index in [-0.39, 0.29) is 17.9 Å². The van der Waals surface area contributed by atoms with Crippen molar-refractivity contribution < 1.29 is 9.53 Å². The Morgan fingerprint density at radius 3 is 3.00 bits per heavy atom. The summed E-state index contributed by atoms with van der Waals surface area (Å²) in [5.41, 5.74) is 1.12. The van der Waals surface area contributed by atoms with E-state index in [0.717, 1.165) is 35.9 Å². The number of nitrogens with zero attached hydrogens (tertiary/aromatic N) is 1. The zero-order valence-electron chi connectivity index (χ0n) is 12.7. The molecule has 5 nitrogen and oxygen atoms in total. The van der Waals surface area contributed by atoms with E-state index in [2.05, 4.69) is 9.97 Å². The fourth-order valence-electron chi connectivity index (χ4n) is 2.84. The molecule has 2 aromatic rings. The topological polar surface area (TPSA) is 72.0 Å². The van der Waals surface area contributed by atoms with Gasteiger partial charge in [0.1, 0.15) is 10.7 Å². The number of aromatic amines is 1. The van der Waals surface area contributed by atoms with Crippen molar-refractivity contribution in [1.82, 2.24) is 9.97 Å². The minimum absolute atomic E-state index is 0.0682. The zero-order valence-corrected chi connectivity index (χ0v) is 13.6. The molecule has 2 heterocycles. The monoisotopic (exact) mass is 320 g/mol. The molecule has 0 unspecified atom stereocenters. The van der Waals surface area contributed by atoms with Crippen molar-refractivity contribution in [3.63, 3.8) is 0 Å². The van der Waals surface area contributed by atoms with Gasteiger partial charge in [-0.15, -0.1) is 11.3 Å². The Morgan fingerprint density at radius 2 is 2.18 bits per heavy atom. The van der Waals surface area contributed by atoms with Gasteiger partial charge in [-0.05, 0) is 37.7 Å². The van der Waals surface area contributed by atoms with Gasteiger partial charge in [0.05, 0.1) is 18.4 Å². The molecule has 3 rings (SSSR count). The lowest BCUT2D eigenvalue weighted by molar-refractivity contribution is -0.143. The molecule has 118 valence electrons. The van der Waals surface area contributed by atoms with Crippen molar-refractivity contribution in [2.24, 2.45) is 0 Å². The van der Waals surface area contributed by atoms with Crippen molar-refractivity contribution >= 4 is 27.5 Å². The molecule has 0 aliphatic heterocycles. The second-order valence-corrected chi connectivity index (χ2v) is 6.71. The molecule has 0 atom stereocenters. The first kappa shape index (κ1) is 15.2. The zero-order chi connectivity index (χ0) is 15.5. The fourth-order valence-corrected chi connectivity index (χ4v) is 4.12. The van der Waals surface area contributed by atoms with E-state index in [1.165, 1.54) is 16.9 Å². The van der Waals surface area contributed by atoms with E-state index in [9.17, 15) is 9.59 Å². The third-order valence-corrected chi connectivity index (χ3v) is 5.09. The molecule has 1 aliphatic carbocycles. The van der Waals surface area contributed by atoms with Crippen LogP contribution < -0.4 is 5.56 Å². The molecule has 0 bridgehead atoms. The van der Waals surface area contributed by atoms with Gasteiger partial charge in [0, 0.05) is 11.3 Å². The van der Waals surface area contributed by atoms with Crippen LogP contribution in [0.4, 0.5) is 0 Å². The third-order valence-electron chi connectivity index (χ3n) is 3.91. The highest BCUT2D eigenvalue weighted by Gasteiger charge is 2.19. The highest BCUT2D eigenvalue weighted by atomic mass is 32.1. The number of aromatic nitrogens is 2. The lowest BCUT2D eigenvalue weighted by Gasteiger charge is -2.09. The Hall–Kier alpha value is -1.69. The van der Waals surface area contributed by atoms with Crippen LogP contribution in [0.5, 0.6) is 0 Å². The first-order valence-electron chi connectivity index (χ1n) is 7.88. The molecule has 22 heavy (non-hydrogen) atoms. The number of carbonyl (C=O) groups excluding carboxylic acids is 1. The summed E-state index contributed by atoms with van der Waals surface area (Å²) >= 11 is 1.63. The summed E-state index contributed by atoms with van der Waals surface area (Å²) in [7, 11) is 0. The molecule has 0 saturated heterocycles. The largest absolute Gasteiger partial charge is 0.466 e. The molecule has 0 saturated carbocycles. The Kier molecular flexibility index (Phi) is 4.57. The Bertz CT molecular complexity index is 748. The number of ether oxygens (including phenoxy) is 1. The minimum Gasteiger partial charge on any atom is -0.466 e. The van der Waals surface area contributed by atoms with Crippen LogP contribution in [0.15, 0.2) is 4.79 Å². The number of thiophene rings is 1. The van der Waals surface area contributed by atoms with Gasteiger partial charge in [0.2, 0.25) is 0 Å². The number of aryl methyl sites for hydroxylation is 3. The van der Waals surface area contributed by atoms with Crippen LogP contribution in [0.25, 0.3) is 10.2 Å². The molecule has 2 aromatic heterocycles. The van der Waals surface area contributed by atoms with Crippen molar-refractivity contribution in [3.05, 3.63) is 26.6 Å². The standard InChI is InChI=1S/C16H20N2O3S/c1-2-9-21-13(19)8-7-12-17-15(20)14-10-5-3-4-6-11(10)22-16(14)18-12/h2-9H2,1H3,(H,17,18,20). The van der Waals surface area contributed by atoms with E-state index in [4.69, 9.17) is 4.74 Å². The quantitative estimate of drug-likeness (QED) is 0.860. The number of nitrogens with one attached hydrogen (secondary N) is 1. The van der Waals surface area contributed by atoms with Crippen LogP contribution in [0.1, 0.15) is 48.9 Å². The van der Waals surface area contributed by atoms with E-state index in [1.54, 1.807) is 11.3 Å². The van der Waals surface area contributed by atoms with E-state index >= 15 is 0 Å². The normalized spacial score (nSPS) is 14.0. The molecule has 0 amide bonds. The summed E-state index contributed by atoms with van der Waals surface area (Å²) < 4.78 is 5.04. The van der Waals surface area contributed by atoms with Crippen molar-refractivity contribution in [2.45, 2.75) is 51.9 Å². The third kappa shape index (κ3) is 3.06. The Labute approximate surface area is 132 Å². The summed E-state index contributed by atoms with van der Waals surface area (Å²) in [6.07, 6.45) is 5.83. The van der Waals surface area contributed by atoms with E-state index in [1.807, 2.05) is 6.92 Å². The molecular formula is C16H20N2O3S. The van der Waals surface area contributed by atoms with Crippen LogP contribution in [-0.4, -0.2) is 22.5 Å². The van der Waals surface area contributed by atoms with Gasteiger partial charge in [0.15, 0.2) is 0 Å². The van der Waals surface area contributed by atoms with Gasteiger partial charge in [-0.3, -0.25) is 9.59 Å². The lowest BCUT2D eigenvalue weighted by atomic mass is 9.97. The van der Waals surface area contributed by atoms with Crippen LogP contribution >= 0.6 is 11.3 Å². The molecule has 1 aliphatic rings. The molecule has 1 N–H and O–H groups in total. The molecule has 0 radical (unpaired) electrons. The maximum atomic E-state index is 12.3. The van der Waals surface area contributed by atoms with Gasteiger partial charge < -0.3 is 9.72 Å². The lowest BCUT2D eigenvalue weighted by Crippen LogP contribution is -2.14. The molecule has 6 heteroatoms. The second-order valence-electron chi connectivity index (χ2n) is 5.62. The number of carbonyl (C=O) groups is 1. The van der Waals surface area contributed by atoms with Crippen molar-refractivity contribution in [2.75, 3.05) is 6.61 Å². The van der Waals surface area contributed by atoms with Gasteiger partial charge in [0.25, 0.3) is 5.56 Å². The molecule has 0 spiro atoms. The minimum atomic E-state index is -0.241. The number of rotatable bonds is 5. The van der Waals surface area contributed by atoms with E-state index in [0.29, 0.717) is 18.9 Å². The van der Waals surface area contributed by atoms with Crippen LogP contribution in [0.3, 0.4) is 0 Å². The Balaban J connectivity index is 1.81. The maximum absolute atomic E-state index is 12.3. The SMILES string of the molecule is CCCOC(=O)CCc1nc2sc3c(c2c(=O)[nH]1)CCCC3. The summed E-state index contributed by atoms with van der Waals surface area (Å²) in [6, 6.07) is 0. The first-order valence-corrected chi connectivity index (χ1v) is 8.69. The van der Waals surface area contributed by atoms with Crippen LogP contribution in [-0.2, 0) is 28.8 Å². The summed E-state index contributed by atoms with van der Waals surface area (Å²) in [5.74, 6) is 0.333. The number of H-pyrrole nitrogens is 1. The summed E-state index contributed by atoms with van der Waals surface area (Å²) in [5, 5.41) is 0.761. The average molecular weight is 320 g/mol. The second kappa shape index (κ2) is 6.60. The Morgan fingerprint density at radius 1 is 1.36 bits per heavy atom. The maximum Gasteiger partial charge on any atom is 0.306 e. The van der Waals surface area contributed by atoms with Crippen molar-refractivity contribution in [1.29, 1.82) is 0 Å². The van der Waals surface area contributed by atoms with Gasteiger partial charge >= 0.3 is 5.97 Å². The predicted octanol–water partition coefficient (Wildman–Crippen LogP) is 2.75. The number of hydrogen-bond acceptors (Lipinski definition) is 5. The smallest absolute Gasteiger partial charge is 0.306 e. The number of fused-ring (bicyclic) bond motifs is 3. The van der Waals surface area contributed by atoms with Crippen LogP contribution in [0, 0.1) is 0 Å². The predicted molar refractivity (Wildman–Crippen MR) is 86.5 cm³/mol. The van der Waals surface area contributed by atoms with Crippen LogP contribution in [0.2, 0.25) is 0 Å². The highest BCUT2D eigenvalue weighted by Crippen LogP contribution is 2.33. The van der Waals surface area contributed by atoms with Gasteiger partial charge in [-0.25, -0.2) is 4.98 Å². The number of hydrogen-bond donors (Lipinski definition) is 1. The summed E-state index contributed by atoms with van der Waals surface area (Å²) in [6.45, 7) is 2.40. The summed E-state index contributed by atoms with van der Waals surface area (Å²) in [4.78, 5) is 33.4.